The lowest BCUT2D eigenvalue weighted by atomic mass is 10.1. The number of hydrogen-bond donors (Lipinski definition) is 1. The molecular formula is C19H26F3N3O2. The van der Waals surface area contributed by atoms with Gasteiger partial charge in [0.2, 0.25) is 0 Å². The molecule has 150 valence electrons. The van der Waals surface area contributed by atoms with Gasteiger partial charge in [0.25, 0.3) is 0 Å². The van der Waals surface area contributed by atoms with Crippen LogP contribution in [-0.2, 0) is 4.74 Å². The van der Waals surface area contributed by atoms with E-state index in [-0.39, 0.29) is 17.7 Å². The second kappa shape index (κ2) is 8.37. The third kappa shape index (κ3) is 5.28. The first-order valence-corrected chi connectivity index (χ1v) is 9.30. The molecule has 1 aromatic carbocycles. The quantitative estimate of drug-likeness (QED) is 0.603. The van der Waals surface area contributed by atoms with Crippen molar-refractivity contribution in [2.45, 2.75) is 38.1 Å². The number of rotatable bonds is 6. The highest BCUT2D eigenvalue weighted by Crippen LogP contribution is 2.45. The van der Waals surface area contributed by atoms with E-state index in [1.165, 1.54) is 6.07 Å². The average Bonchev–Trinajstić information content (AvgIpc) is 3.20. The predicted octanol–water partition coefficient (Wildman–Crippen LogP) is 3.37. The molecule has 1 aliphatic heterocycles. The maximum atomic E-state index is 12.6. The van der Waals surface area contributed by atoms with Crippen molar-refractivity contribution in [2.75, 3.05) is 33.4 Å². The van der Waals surface area contributed by atoms with E-state index in [1.54, 1.807) is 25.3 Å². The van der Waals surface area contributed by atoms with Crippen LogP contribution in [-0.4, -0.2) is 56.6 Å². The number of nitrogens with one attached hydrogen (secondary N) is 1. The van der Waals surface area contributed by atoms with Crippen LogP contribution in [0.25, 0.3) is 0 Å². The maximum Gasteiger partial charge on any atom is 0.573 e. The van der Waals surface area contributed by atoms with Crippen molar-refractivity contribution in [3.8, 4) is 5.75 Å². The summed E-state index contributed by atoms with van der Waals surface area (Å²) in [4.78, 5) is 6.78. The zero-order valence-corrected chi connectivity index (χ0v) is 15.6. The van der Waals surface area contributed by atoms with Crippen molar-refractivity contribution >= 4 is 5.96 Å². The number of alkyl halides is 3. The Morgan fingerprint density at radius 1 is 1.33 bits per heavy atom. The molecule has 1 saturated heterocycles. The number of methoxy groups -OCH3 is 1. The van der Waals surface area contributed by atoms with Crippen LogP contribution in [0.4, 0.5) is 13.2 Å². The van der Waals surface area contributed by atoms with Crippen molar-refractivity contribution in [2.24, 2.45) is 10.9 Å². The third-order valence-electron chi connectivity index (χ3n) is 4.94. The Balaban J connectivity index is 1.64. The lowest BCUT2D eigenvalue weighted by molar-refractivity contribution is -0.274. The number of ether oxygens (including phenoxy) is 2. The van der Waals surface area contributed by atoms with Gasteiger partial charge in [-0.25, -0.2) is 0 Å². The van der Waals surface area contributed by atoms with E-state index < -0.39 is 6.36 Å². The zero-order valence-electron chi connectivity index (χ0n) is 15.6. The number of benzene rings is 1. The molecule has 2 fully saturated rings. The first-order chi connectivity index (χ1) is 12.9. The molecule has 1 N–H and O–H groups in total. The molecule has 27 heavy (non-hydrogen) atoms. The number of hydrogen-bond acceptors (Lipinski definition) is 3. The molecule has 8 heteroatoms. The summed E-state index contributed by atoms with van der Waals surface area (Å²) < 4.78 is 47.4. The molecule has 0 spiro atoms. The summed E-state index contributed by atoms with van der Waals surface area (Å²) in [6, 6.07) is 6.43. The van der Waals surface area contributed by atoms with Gasteiger partial charge in [0.15, 0.2) is 5.96 Å². The number of para-hydroxylation sites is 1. The molecule has 1 saturated carbocycles. The minimum absolute atomic E-state index is 0.0111. The van der Waals surface area contributed by atoms with Crippen LogP contribution in [0.5, 0.6) is 5.75 Å². The van der Waals surface area contributed by atoms with Crippen LogP contribution < -0.4 is 10.1 Å². The van der Waals surface area contributed by atoms with E-state index in [1.807, 2.05) is 6.92 Å². The topological polar surface area (TPSA) is 46.1 Å². The van der Waals surface area contributed by atoms with Gasteiger partial charge in [-0.2, -0.15) is 0 Å². The smallest absolute Gasteiger partial charge is 0.405 e. The summed E-state index contributed by atoms with van der Waals surface area (Å²) in [5.41, 5.74) is 0.585. The third-order valence-corrected chi connectivity index (χ3v) is 4.94. The van der Waals surface area contributed by atoms with Gasteiger partial charge in [-0.3, -0.25) is 4.99 Å². The van der Waals surface area contributed by atoms with E-state index in [0.717, 1.165) is 38.5 Å². The van der Waals surface area contributed by atoms with Gasteiger partial charge in [-0.15, -0.1) is 13.2 Å². The van der Waals surface area contributed by atoms with Crippen molar-refractivity contribution in [3.63, 3.8) is 0 Å². The molecule has 1 heterocycles. The Morgan fingerprint density at radius 3 is 2.81 bits per heavy atom. The molecule has 0 bridgehead atoms. The second-order valence-electron chi connectivity index (χ2n) is 7.03. The molecule has 3 rings (SSSR count). The fourth-order valence-corrected chi connectivity index (χ4v) is 3.65. The predicted molar refractivity (Wildman–Crippen MR) is 96.9 cm³/mol. The van der Waals surface area contributed by atoms with Crippen LogP contribution in [0.1, 0.15) is 31.2 Å². The van der Waals surface area contributed by atoms with Crippen LogP contribution in [0, 0.1) is 5.92 Å². The molecule has 0 amide bonds. The second-order valence-corrected chi connectivity index (χ2v) is 7.03. The van der Waals surface area contributed by atoms with Crippen molar-refractivity contribution < 1.29 is 22.6 Å². The number of nitrogens with zero attached hydrogens (tertiary/aromatic N) is 2. The Morgan fingerprint density at radius 2 is 2.11 bits per heavy atom. The molecular weight excluding hydrogens is 359 g/mol. The summed E-state index contributed by atoms with van der Waals surface area (Å²) in [7, 11) is 1.71. The van der Waals surface area contributed by atoms with Gasteiger partial charge >= 0.3 is 6.36 Å². The summed E-state index contributed by atoms with van der Waals surface area (Å²) in [6.45, 7) is 5.14. The van der Waals surface area contributed by atoms with Crippen molar-refractivity contribution in [1.29, 1.82) is 0 Å². The summed E-state index contributed by atoms with van der Waals surface area (Å²) in [5.74, 6) is 1.19. The van der Waals surface area contributed by atoms with Gasteiger partial charge < -0.3 is 19.7 Å². The SMILES string of the molecule is CCN=C(NC1CC1c1ccccc1OC(F)(F)F)N1CCC(COC)C1. The summed E-state index contributed by atoms with van der Waals surface area (Å²) in [6.07, 6.45) is -2.88. The van der Waals surface area contributed by atoms with Gasteiger partial charge in [-0.1, -0.05) is 18.2 Å². The average molecular weight is 385 g/mol. The monoisotopic (exact) mass is 385 g/mol. The minimum atomic E-state index is -4.69. The first kappa shape index (κ1) is 19.8. The Hall–Kier alpha value is -1.96. The highest BCUT2D eigenvalue weighted by atomic mass is 19.4. The highest BCUT2D eigenvalue weighted by Gasteiger charge is 2.43. The van der Waals surface area contributed by atoms with Crippen LogP contribution in [0.2, 0.25) is 0 Å². The Labute approximate surface area is 157 Å². The molecule has 1 aromatic rings. The number of halogens is 3. The first-order valence-electron chi connectivity index (χ1n) is 9.30. The van der Waals surface area contributed by atoms with Crippen molar-refractivity contribution in [3.05, 3.63) is 29.8 Å². The van der Waals surface area contributed by atoms with Gasteiger partial charge in [0, 0.05) is 44.6 Å². The van der Waals surface area contributed by atoms with E-state index in [4.69, 9.17) is 4.74 Å². The largest absolute Gasteiger partial charge is 0.573 e. The van der Waals surface area contributed by atoms with E-state index >= 15 is 0 Å². The maximum absolute atomic E-state index is 12.6. The molecule has 3 unspecified atom stereocenters. The summed E-state index contributed by atoms with van der Waals surface area (Å²) in [5, 5.41) is 3.43. The molecule has 2 aliphatic rings. The Bertz CT molecular complexity index is 666. The molecule has 0 radical (unpaired) electrons. The van der Waals surface area contributed by atoms with Gasteiger partial charge in [-0.05, 0) is 31.4 Å². The minimum Gasteiger partial charge on any atom is -0.405 e. The van der Waals surface area contributed by atoms with Crippen molar-refractivity contribution in [1.82, 2.24) is 10.2 Å². The fourth-order valence-electron chi connectivity index (χ4n) is 3.65. The lowest BCUT2D eigenvalue weighted by Gasteiger charge is -2.22. The molecule has 5 nitrogen and oxygen atoms in total. The standard InChI is InChI=1S/C19H26F3N3O2/c1-3-23-18(25-9-8-13(11-25)12-26-2)24-16-10-15(16)14-6-4-5-7-17(14)27-19(20,21)22/h4-7,13,15-16H,3,8-12H2,1-2H3,(H,23,24). The normalized spacial score (nSPS) is 25.6. The van der Waals surface area contributed by atoms with E-state index in [2.05, 4.69) is 19.9 Å². The number of aliphatic imine (C=N–C) groups is 1. The number of guanidine groups is 1. The van der Waals surface area contributed by atoms with Gasteiger partial charge in [0.1, 0.15) is 5.75 Å². The Kier molecular flexibility index (Phi) is 6.14. The number of likely N-dealkylation sites (tertiary alicyclic amines) is 1. The van der Waals surface area contributed by atoms with E-state index in [0.29, 0.717) is 18.0 Å². The highest BCUT2D eigenvalue weighted by molar-refractivity contribution is 5.81. The molecule has 1 aliphatic carbocycles. The van der Waals surface area contributed by atoms with Gasteiger partial charge in [0.05, 0.1) is 6.61 Å². The molecule has 0 aromatic heterocycles. The molecule has 3 atom stereocenters. The van der Waals surface area contributed by atoms with Crippen LogP contribution in [0.15, 0.2) is 29.3 Å². The van der Waals surface area contributed by atoms with E-state index in [9.17, 15) is 13.2 Å². The van der Waals surface area contributed by atoms with Crippen LogP contribution in [0.3, 0.4) is 0 Å². The summed E-state index contributed by atoms with van der Waals surface area (Å²) >= 11 is 0. The fraction of sp³-hybridized carbons (Fsp3) is 0.632. The zero-order chi connectivity index (χ0) is 19.4. The lowest BCUT2D eigenvalue weighted by Crippen LogP contribution is -2.42. The van der Waals surface area contributed by atoms with Crippen LogP contribution >= 0.6 is 0 Å².